The van der Waals surface area contributed by atoms with Gasteiger partial charge in [-0.3, -0.25) is 4.79 Å². The summed E-state index contributed by atoms with van der Waals surface area (Å²) in [5, 5.41) is 2.81. The molecule has 2 rings (SSSR count). The summed E-state index contributed by atoms with van der Waals surface area (Å²) in [6, 6.07) is 6.19. The number of nitrogens with one attached hydrogen (secondary N) is 2. The van der Waals surface area contributed by atoms with E-state index in [-0.39, 0.29) is 18.1 Å². The zero-order valence-corrected chi connectivity index (χ0v) is 12.6. The third kappa shape index (κ3) is 4.25. The minimum Gasteiger partial charge on any atom is -0.355 e. The molecule has 0 radical (unpaired) electrons. The first-order chi connectivity index (χ1) is 10.5. The van der Waals surface area contributed by atoms with Crippen LogP contribution in [0.25, 0.3) is 0 Å². The molecule has 1 aromatic carbocycles. The lowest BCUT2D eigenvalue weighted by molar-refractivity contribution is -0.120. The van der Waals surface area contributed by atoms with Crippen molar-refractivity contribution in [3.63, 3.8) is 0 Å². The maximum Gasteiger partial charge on any atom is 0.345 e. The van der Waals surface area contributed by atoms with Gasteiger partial charge in [-0.25, -0.2) is 9.18 Å². The van der Waals surface area contributed by atoms with Crippen molar-refractivity contribution in [3.8, 4) is 0 Å². The van der Waals surface area contributed by atoms with Gasteiger partial charge in [0.05, 0.1) is 6.42 Å². The molecule has 0 spiro atoms. The molecule has 6 heteroatoms. The first kappa shape index (κ1) is 15.9. The highest BCUT2D eigenvalue weighted by molar-refractivity contribution is 5.79. The van der Waals surface area contributed by atoms with E-state index >= 15 is 0 Å². The Morgan fingerprint density at radius 1 is 1.27 bits per heavy atom. The van der Waals surface area contributed by atoms with E-state index < -0.39 is 5.69 Å². The van der Waals surface area contributed by atoms with Crippen molar-refractivity contribution in [1.29, 1.82) is 0 Å². The standard InChI is InChI=1S/C16H18FN3O2/c1-10-14(11(2)20-16(22)19-10)9-15(21)18-8-7-12-3-5-13(17)6-4-12/h3-6H,7-9H2,1-2H3,(H,18,21)(H,19,20,22). The summed E-state index contributed by atoms with van der Waals surface area (Å²) in [6.07, 6.45) is 0.804. The molecule has 2 N–H and O–H groups in total. The fourth-order valence-electron chi connectivity index (χ4n) is 2.24. The Kier molecular flexibility index (Phi) is 5.04. The third-order valence-corrected chi connectivity index (χ3v) is 3.44. The number of nitrogens with zero attached hydrogens (tertiary/aromatic N) is 1. The molecule has 5 nitrogen and oxygen atoms in total. The number of hydrogen-bond donors (Lipinski definition) is 2. The predicted octanol–water partition coefficient (Wildman–Crippen LogP) is 1.43. The monoisotopic (exact) mass is 303 g/mol. The summed E-state index contributed by atoms with van der Waals surface area (Å²) >= 11 is 0. The van der Waals surface area contributed by atoms with Gasteiger partial charge in [0.1, 0.15) is 5.82 Å². The van der Waals surface area contributed by atoms with Crippen LogP contribution in [-0.2, 0) is 17.6 Å². The van der Waals surface area contributed by atoms with Crippen LogP contribution in [0.3, 0.4) is 0 Å². The molecule has 0 unspecified atom stereocenters. The van der Waals surface area contributed by atoms with Crippen LogP contribution in [0.15, 0.2) is 29.1 Å². The van der Waals surface area contributed by atoms with Crippen molar-refractivity contribution in [2.75, 3.05) is 6.54 Å². The molecule has 2 aromatic rings. The molecule has 0 saturated heterocycles. The number of aromatic nitrogens is 2. The number of H-pyrrole nitrogens is 1. The van der Waals surface area contributed by atoms with Gasteiger partial charge in [0.25, 0.3) is 0 Å². The molecule has 1 heterocycles. The zero-order chi connectivity index (χ0) is 16.1. The van der Waals surface area contributed by atoms with Crippen molar-refractivity contribution in [1.82, 2.24) is 15.3 Å². The van der Waals surface area contributed by atoms with E-state index in [9.17, 15) is 14.0 Å². The molecule has 0 fully saturated rings. The van der Waals surface area contributed by atoms with Crippen LogP contribution in [0.4, 0.5) is 4.39 Å². The fourth-order valence-corrected chi connectivity index (χ4v) is 2.24. The summed E-state index contributed by atoms with van der Waals surface area (Å²) in [7, 11) is 0. The number of carbonyl (C=O) groups excluding carboxylic acids is 1. The van der Waals surface area contributed by atoms with Crippen molar-refractivity contribution < 1.29 is 9.18 Å². The molecule has 1 amide bonds. The first-order valence-corrected chi connectivity index (χ1v) is 7.03. The molecule has 0 saturated carbocycles. The Morgan fingerprint density at radius 2 is 1.95 bits per heavy atom. The van der Waals surface area contributed by atoms with Crippen LogP contribution >= 0.6 is 0 Å². The zero-order valence-electron chi connectivity index (χ0n) is 12.6. The van der Waals surface area contributed by atoms with Crippen LogP contribution < -0.4 is 11.0 Å². The van der Waals surface area contributed by atoms with E-state index in [0.717, 1.165) is 11.1 Å². The Labute approximate surface area is 127 Å². The van der Waals surface area contributed by atoms with Gasteiger partial charge in [-0.1, -0.05) is 12.1 Å². The number of aromatic amines is 1. The average Bonchev–Trinajstić information content (AvgIpc) is 2.45. The molecule has 0 aliphatic heterocycles. The fraction of sp³-hybridized carbons (Fsp3) is 0.312. The van der Waals surface area contributed by atoms with Crippen LogP contribution in [0.1, 0.15) is 22.5 Å². The van der Waals surface area contributed by atoms with Crippen molar-refractivity contribution in [2.45, 2.75) is 26.7 Å². The van der Waals surface area contributed by atoms with Crippen LogP contribution in [0.2, 0.25) is 0 Å². The van der Waals surface area contributed by atoms with Gasteiger partial charge < -0.3 is 10.3 Å². The van der Waals surface area contributed by atoms with Crippen molar-refractivity contribution >= 4 is 5.91 Å². The number of halogens is 1. The van der Waals surface area contributed by atoms with Gasteiger partial charge in [0.15, 0.2) is 0 Å². The van der Waals surface area contributed by atoms with Crippen molar-refractivity contribution in [2.24, 2.45) is 0 Å². The lowest BCUT2D eigenvalue weighted by Gasteiger charge is -2.09. The molecule has 0 aliphatic carbocycles. The number of benzene rings is 1. The van der Waals surface area contributed by atoms with Gasteiger partial charge in [-0.15, -0.1) is 0 Å². The van der Waals surface area contributed by atoms with Gasteiger partial charge >= 0.3 is 5.69 Å². The molecular weight excluding hydrogens is 285 g/mol. The second kappa shape index (κ2) is 6.98. The maximum atomic E-state index is 12.8. The number of rotatable bonds is 5. The van der Waals surface area contributed by atoms with E-state index in [1.54, 1.807) is 26.0 Å². The highest BCUT2D eigenvalue weighted by Crippen LogP contribution is 2.07. The summed E-state index contributed by atoms with van der Waals surface area (Å²) in [6.45, 7) is 3.93. The summed E-state index contributed by atoms with van der Waals surface area (Å²) < 4.78 is 12.8. The minimum atomic E-state index is -0.407. The van der Waals surface area contributed by atoms with E-state index in [0.29, 0.717) is 24.4 Å². The summed E-state index contributed by atoms with van der Waals surface area (Å²) in [5.41, 5.74) is 2.51. The van der Waals surface area contributed by atoms with Gasteiger partial charge in [0, 0.05) is 23.5 Å². The van der Waals surface area contributed by atoms with Gasteiger partial charge in [-0.05, 0) is 38.0 Å². The molecule has 0 bridgehead atoms. The topological polar surface area (TPSA) is 74.8 Å². The minimum absolute atomic E-state index is 0.137. The normalized spacial score (nSPS) is 10.5. The largest absolute Gasteiger partial charge is 0.355 e. The molecule has 1 aromatic heterocycles. The lowest BCUT2D eigenvalue weighted by Crippen LogP contribution is -2.28. The Bertz CT molecular complexity index is 697. The molecule has 0 aliphatic rings. The SMILES string of the molecule is Cc1nc(=O)[nH]c(C)c1CC(=O)NCCc1ccc(F)cc1. The van der Waals surface area contributed by atoms with E-state index in [2.05, 4.69) is 15.3 Å². The van der Waals surface area contributed by atoms with E-state index in [4.69, 9.17) is 0 Å². The predicted molar refractivity (Wildman–Crippen MR) is 81.1 cm³/mol. The lowest BCUT2D eigenvalue weighted by atomic mass is 10.1. The van der Waals surface area contributed by atoms with E-state index in [1.165, 1.54) is 12.1 Å². The third-order valence-electron chi connectivity index (χ3n) is 3.44. The summed E-state index contributed by atoms with van der Waals surface area (Å²) in [4.78, 5) is 29.6. The van der Waals surface area contributed by atoms with Crippen LogP contribution in [-0.4, -0.2) is 22.4 Å². The maximum absolute atomic E-state index is 12.8. The second-order valence-electron chi connectivity index (χ2n) is 5.13. The molecule has 22 heavy (non-hydrogen) atoms. The average molecular weight is 303 g/mol. The smallest absolute Gasteiger partial charge is 0.345 e. The molecule has 116 valence electrons. The van der Waals surface area contributed by atoms with Crippen molar-refractivity contribution in [3.05, 3.63) is 63.1 Å². The number of aryl methyl sites for hydroxylation is 2. The van der Waals surface area contributed by atoms with Crippen LogP contribution in [0, 0.1) is 19.7 Å². The first-order valence-electron chi connectivity index (χ1n) is 7.03. The van der Waals surface area contributed by atoms with Crippen LogP contribution in [0.5, 0.6) is 0 Å². The second-order valence-corrected chi connectivity index (χ2v) is 5.13. The number of hydrogen-bond acceptors (Lipinski definition) is 3. The van der Waals surface area contributed by atoms with Gasteiger partial charge in [-0.2, -0.15) is 4.98 Å². The number of amides is 1. The Balaban J connectivity index is 1.88. The Morgan fingerprint density at radius 3 is 2.59 bits per heavy atom. The number of carbonyl (C=O) groups is 1. The quantitative estimate of drug-likeness (QED) is 0.877. The Hall–Kier alpha value is -2.50. The molecular formula is C16H18FN3O2. The highest BCUT2D eigenvalue weighted by Gasteiger charge is 2.10. The highest BCUT2D eigenvalue weighted by atomic mass is 19.1. The van der Waals surface area contributed by atoms with E-state index in [1.807, 2.05) is 0 Å². The molecule has 0 atom stereocenters. The summed E-state index contributed by atoms with van der Waals surface area (Å²) in [5.74, 6) is -0.411. The van der Waals surface area contributed by atoms with Gasteiger partial charge in [0.2, 0.25) is 5.91 Å².